The summed E-state index contributed by atoms with van der Waals surface area (Å²) in [6, 6.07) is 31.9. The summed E-state index contributed by atoms with van der Waals surface area (Å²) in [6.07, 6.45) is 0. The first-order valence-electron chi connectivity index (χ1n) is 10.5. The Kier molecular flexibility index (Phi) is 3.36. The van der Waals surface area contributed by atoms with Crippen LogP contribution in [0.25, 0.3) is 55.4 Å². The third-order valence-corrected chi connectivity index (χ3v) is 6.11. The number of hydrogen-bond donors (Lipinski definition) is 0. The predicted octanol–water partition coefficient (Wildman–Crippen LogP) is 5.47. The van der Waals surface area contributed by atoms with Crippen LogP contribution in [0, 0.1) is 0 Å². The van der Waals surface area contributed by atoms with Gasteiger partial charge in [0.1, 0.15) is 5.65 Å². The number of rotatable bonds is 1. The predicted molar refractivity (Wildman–Crippen MR) is 128 cm³/mol. The summed E-state index contributed by atoms with van der Waals surface area (Å²) in [5.74, 6) is 0.565. The van der Waals surface area contributed by atoms with Crippen LogP contribution < -0.4 is 5.56 Å². The molecule has 0 saturated carbocycles. The topological polar surface area (TPSA) is 51.7 Å². The zero-order valence-electron chi connectivity index (χ0n) is 16.9. The van der Waals surface area contributed by atoms with E-state index in [9.17, 15) is 4.79 Å². The number of fused-ring (bicyclic) bond motifs is 9. The van der Waals surface area contributed by atoms with Crippen LogP contribution in [-0.2, 0) is 0 Å². The Bertz CT molecular complexity index is 1900. The summed E-state index contributed by atoms with van der Waals surface area (Å²) in [7, 11) is 0. The van der Waals surface area contributed by atoms with Gasteiger partial charge in [-0.2, -0.15) is 0 Å². The fourth-order valence-corrected chi connectivity index (χ4v) is 4.61. The molecule has 0 N–H and O–H groups in total. The molecule has 0 radical (unpaired) electrons. The van der Waals surface area contributed by atoms with Crippen LogP contribution in [0.4, 0.5) is 0 Å². The molecule has 5 nitrogen and oxygen atoms in total. The minimum absolute atomic E-state index is 0.0789. The Morgan fingerprint density at radius 1 is 0.562 bits per heavy atom. The largest absolute Gasteiger partial charge is 0.268 e. The molecule has 7 rings (SSSR count). The van der Waals surface area contributed by atoms with Crippen molar-refractivity contribution in [2.24, 2.45) is 0 Å². The third kappa shape index (κ3) is 2.25. The highest BCUT2D eigenvalue weighted by atomic mass is 16.1. The van der Waals surface area contributed by atoms with E-state index in [0.717, 1.165) is 38.7 Å². The van der Waals surface area contributed by atoms with E-state index in [1.54, 1.807) is 4.40 Å². The molecule has 0 saturated heterocycles. The molecule has 0 unspecified atom stereocenters. The maximum absolute atomic E-state index is 13.6. The van der Waals surface area contributed by atoms with Gasteiger partial charge in [0, 0.05) is 5.39 Å². The lowest BCUT2D eigenvalue weighted by Gasteiger charge is -2.11. The number of benzene rings is 4. The second-order valence-corrected chi connectivity index (χ2v) is 7.93. The summed E-state index contributed by atoms with van der Waals surface area (Å²) in [6.45, 7) is 0. The van der Waals surface area contributed by atoms with E-state index in [1.807, 2.05) is 77.2 Å². The van der Waals surface area contributed by atoms with Gasteiger partial charge in [0.05, 0.1) is 27.5 Å². The number of nitrogens with zero attached hydrogens (tertiary/aromatic N) is 4. The second kappa shape index (κ2) is 6.25. The molecule has 4 aromatic carbocycles. The summed E-state index contributed by atoms with van der Waals surface area (Å²) in [4.78, 5) is 23.5. The maximum atomic E-state index is 13.6. The lowest BCUT2D eigenvalue weighted by Crippen LogP contribution is -2.18. The van der Waals surface area contributed by atoms with Gasteiger partial charge >= 0.3 is 0 Å². The summed E-state index contributed by atoms with van der Waals surface area (Å²) in [5, 5.41) is 1.51. The van der Waals surface area contributed by atoms with Crippen molar-refractivity contribution in [3.8, 4) is 11.1 Å². The van der Waals surface area contributed by atoms with Crippen LogP contribution in [0.1, 0.15) is 0 Å². The first-order chi connectivity index (χ1) is 15.8. The first kappa shape index (κ1) is 17.2. The number of imidazole rings is 1. The highest BCUT2D eigenvalue weighted by molar-refractivity contribution is 6.00. The van der Waals surface area contributed by atoms with Crippen molar-refractivity contribution in [2.75, 3.05) is 0 Å². The highest BCUT2D eigenvalue weighted by Crippen LogP contribution is 2.29. The minimum Gasteiger partial charge on any atom is -0.268 e. The fraction of sp³-hybridized carbons (Fsp3) is 0. The van der Waals surface area contributed by atoms with E-state index < -0.39 is 0 Å². The minimum atomic E-state index is -0.0789. The molecule has 0 atom stereocenters. The molecule has 0 spiro atoms. The highest BCUT2D eigenvalue weighted by Gasteiger charge is 2.17. The number of hydrogen-bond acceptors (Lipinski definition) is 3. The van der Waals surface area contributed by atoms with Crippen LogP contribution in [0.15, 0.2) is 102 Å². The Morgan fingerprint density at radius 2 is 1.31 bits per heavy atom. The molecule has 0 aliphatic rings. The molecule has 5 heteroatoms. The van der Waals surface area contributed by atoms with E-state index in [1.165, 1.54) is 0 Å². The van der Waals surface area contributed by atoms with E-state index in [4.69, 9.17) is 9.97 Å². The first-order valence-corrected chi connectivity index (χ1v) is 10.5. The quantitative estimate of drug-likeness (QED) is 0.265. The molecule has 0 bridgehead atoms. The number of para-hydroxylation sites is 2. The molecule has 3 heterocycles. The monoisotopic (exact) mass is 412 g/mol. The van der Waals surface area contributed by atoms with E-state index in [0.29, 0.717) is 16.7 Å². The van der Waals surface area contributed by atoms with Gasteiger partial charge in [0.15, 0.2) is 0 Å². The normalized spacial score (nSPS) is 11.9. The molecule has 150 valence electrons. The average molecular weight is 412 g/mol. The molecule has 7 aromatic rings. The van der Waals surface area contributed by atoms with Crippen molar-refractivity contribution in [1.29, 1.82) is 0 Å². The van der Waals surface area contributed by atoms with Crippen LogP contribution in [0.2, 0.25) is 0 Å². The van der Waals surface area contributed by atoms with Crippen molar-refractivity contribution in [3.63, 3.8) is 0 Å². The van der Waals surface area contributed by atoms with Crippen LogP contribution in [0.3, 0.4) is 0 Å². The zero-order valence-corrected chi connectivity index (χ0v) is 16.9. The Balaban J connectivity index is 1.75. The molecule has 0 fully saturated rings. The Morgan fingerprint density at radius 3 is 2.19 bits per heavy atom. The molecule has 0 aliphatic heterocycles. The van der Waals surface area contributed by atoms with Gasteiger partial charge in [-0.3, -0.25) is 9.20 Å². The average Bonchev–Trinajstić information content (AvgIpc) is 3.24. The SMILES string of the molecule is O=c1c2ccccc2nc2n1c1ccccc1c1nc3ccc(-c4ccccc4)cc3n12. The van der Waals surface area contributed by atoms with E-state index >= 15 is 0 Å². The van der Waals surface area contributed by atoms with Crippen molar-refractivity contribution >= 4 is 44.3 Å². The van der Waals surface area contributed by atoms with Gasteiger partial charge in [-0.15, -0.1) is 0 Å². The van der Waals surface area contributed by atoms with Gasteiger partial charge in [0.2, 0.25) is 5.78 Å². The summed E-state index contributed by atoms with van der Waals surface area (Å²) >= 11 is 0. The molecular formula is C27H16N4O. The molecule has 32 heavy (non-hydrogen) atoms. The lowest BCUT2D eigenvalue weighted by molar-refractivity contribution is 1.05. The van der Waals surface area contributed by atoms with Crippen LogP contribution >= 0.6 is 0 Å². The zero-order chi connectivity index (χ0) is 21.2. The van der Waals surface area contributed by atoms with E-state index in [-0.39, 0.29) is 5.56 Å². The molecule has 3 aromatic heterocycles. The van der Waals surface area contributed by atoms with Crippen molar-refractivity contribution in [2.45, 2.75) is 0 Å². The Hall–Kier alpha value is -4.51. The van der Waals surface area contributed by atoms with Gasteiger partial charge in [0.25, 0.3) is 5.56 Å². The molecule has 0 aliphatic carbocycles. The summed E-state index contributed by atoms with van der Waals surface area (Å²) in [5.41, 5.74) is 6.20. The van der Waals surface area contributed by atoms with Gasteiger partial charge in [-0.05, 0) is 47.5 Å². The van der Waals surface area contributed by atoms with E-state index in [2.05, 4.69) is 24.3 Å². The van der Waals surface area contributed by atoms with Gasteiger partial charge in [-0.25, -0.2) is 14.4 Å². The standard InChI is InChI=1S/C27H16N4O/c32-26-19-10-4-6-12-21(19)29-27-30-24-16-18(17-8-2-1-3-9-17)14-15-22(24)28-25(30)20-11-5-7-13-23(20)31(26)27/h1-16H. The van der Waals surface area contributed by atoms with Crippen LogP contribution in [0.5, 0.6) is 0 Å². The van der Waals surface area contributed by atoms with Gasteiger partial charge in [-0.1, -0.05) is 60.7 Å². The maximum Gasteiger partial charge on any atom is 0.267 e. The number of aromatic nitrogens is 4. The molecular weight excluding hydrogens is 396 g/mol. The van der Waals surface area contributed by atoms with Crippen molar-refractivity contribution in [3.05, 3.63) is 107 Å². The van der Waals surface area contributed by atoms with Gasteiger partial charge < -0.3 is 0 Å². The van der Waals surface area contributed by atoms with Crippen molar-refractivity contribution in [1.82, 2.24) is 18.8 Å². The second-order valence-electron chi connectivity index (χ2n) is 7.93. The lowest BCUT2D eigenvalue weighted by atomic mass is 10.1. The fourth-order valence-electron chi connectivity index (χ4n) is 4.61. The van der Waals surface area contributed by atoms with Crippen LogP contribution in [-0.4, -0.2) is 18.8 Å². The molecule has 0 amide bonds. The van der Waals surface area contributed by atoms with Crippen molar-refractivity contribution < 1.29 is 0 Å². The smallest absolute Gasteiger partial charge is 0.267 e. The summed E-state index contributed by atoms with van der Waals surface area (Å²) < 4.78 is 3.72. The Labute approximate surface area is 181 Å². The third-order valence-electron chi connectivity index (χ3n) is 6.11.